The van der Waals surface area contributed by atoms with Crippen LogP contribution in [0.25, 0.3) is 0 Å². The quantitative estimate of drug-likeness (QED) is 0.482. The minimum absolute atomic E-state index is 0.481. The first-order valence-corrected chi connectivity index (χ1v) is 3.22. The molecule has 2 atom stereocenters. The van der Waals surface area contributed by atoms with Crippen molar-refractivity contribution in [1.29, 1.82) is 0 Å². The summed E-state index contributed by atoms with van der Waals surface area (Å²) >= 11 is 0. The molecule has 0 aliphatic heterocycles. The summed E-state index contributed by atoms with van der Waals surface area (Å²) in [5.74, 6) is 1.66. The zero-order chi connectivity index (χ0) is 6.73. The van der Waals surface area contributed by atoms with Crippen molar-refractivity contribution in [3.8, 4) is 0 Å². The zero-order valence-electron chi connectivity index (χ0n) is 6.15. The Balaban J connectivity index is 3.46. The summed E-state index contributed by atoms with van der Waals surface area (Å²) in [7, 11) is 0. The third-order valence-electron chi connectivity index (χ3n) is 1.59. The molecular formula is C8H16+2. The highest BCUT2D eigenvalue weighted by Crippen LogP contribution is 2.17. The van der Waals surface area contributed by atoms with Crippen LogP contribution in [0.2, 0.25) is 0 Å². The van der Waals surface area contributed by atoms with Crippen LogP contribution in [0, 0.1) is 31.6 Å². The van der Waals surface area contributed by atoms with E-state index in [9.17, 15) is 0 Å². The van der Waals surface area contributed by atoms with Crippen LogP contribution in [0.5, 0.6) is 0 Å². The molecule has 0 rings (SSSR count). The average Bonchev–Trinajstić information content (AvgIpc) is 1.64. The van der Waals surface area contributed by atoms with E-state index in [1.165, 1.54) is 0 Å². The van der Waals surface area contributed by atoms with Crippen molar-refractivity contribution in [2.24, 2.45) is 17.8 Å². The fraction of sp³-hybridized carbons (Fsp3) is 0.750. The first kappa shape index (κ1) is 7.74. The van der Waals surface area contributed by atoms with E-state index in [-0.39, 0.29) is 0 Å². The Hall–Kier alpha value is -0.260. The molecule has 0 N–H and O–H groups in total. The topological polar surface area (TPSA) is 0 Å². The molecule has 0 saturated heterocycles. The first-order valence-electron chi connectivity index (χ1n) is 3.22. The molecule has 0 nitrogen and oxygen atoms in total. The largest absolute Gasteiger partial charge is 0.140 e. The van der Waals surface area contributed by atoms with E-state index in [0.29, 0.717) is 17.8 Å². The lowest BCUT2D eigenvalue weighted by atomic mass is 9.88. The fourth-order valence-corrected chi connectivity index (χ4v) is 0.657. The second-order valence-electron chi connectivity index (χ2n) is 2.89. The lowest BCUT2D eigenvalue weighted by molar-refractivity contribution is 0.379. The molecule has 8 heavy (non-hydrogen) atoms. The van der Waals surface area contributed by atoms with Crippen LogP contribution >= 0.6 is 0 Å². The third-order valence-corrected chi connectivity index (χ3v) is 1.59. The van der Waals surface area contributed by atoms with Crippen LogP contribution < -0.4 is 0 Å². The Labute approximate surface area is 53.3 Å². The summed E-state index contributed by atoms with van der Waals surface area (Å²) in [6.07, 6.45) is 0. The molecule has 0 heteroatoms. The van der Waals surface area contributed by atoms with Crippen LogP contribution in [0.1, 0.15) is 20.8 Å². The molecule has 2 unspecified atom stereocenters. The molecule has 0 aromatic heterocycles. The SMILES string of the molecule is [CH2+]C(C)C([CH2+])C(C)C. The minimum Gasteiger partial charge on any atom is -0.0582 e. The van der Waals surface area contributed by atoms with Crippen molar-refractivity contribution in [3.63, 3.8) is 0 Å². The van der Waals surface area contributed by atoms with Crippen molar-refractivity contribution in [2.45, 2.75) is 20.8 Å². The molecular weight excluding hydrogens is 96.1 g/mol. The highest BCUT2D eigenvalue weighted by molar-refractivity contribution is 4.72. The Morgan fingerprint density at radius 1 is 1.00 bits per heavy atom. The van der Waals surface area contributed by atoms with Gasteiger partial charge in [-0.05, 0) is 6.92 Å². The van der Waals surface area contributed by atoms with Gasteiger partial charge in [-0.2, -0.15) is 0 Å². The van der Waals surface area contributed by atoms with E-state index >= 15 is 0 Å². The van der Waals surface area contributed by atoms with Gasteiger partial charge in [0, 0.05) is 5.92 Å². The number of hydrogen-bond acceptors (Lipinski definition) is 0. The predicted octanol–water partition coefficient (Wildman–Crippen LogP) is 2.56. The molecule has 0 fully saturated rings. The second kappa shape index (κ2) is 2.91. The second-order valence-corrected chi connectivity index (χ2v) is 2.89. The summed E-state index contributed by atoms with van der Waals surface area (Å²) < 4.78 is 0. The van der Waals surface area contributed by atoms with Gasteiger partial charge in [-0.3, -0.25) is 0 Å². The van der Waals surface area contributed by atoms with E-state index in [1.54, 1.807) is 0 Å². The molecule has 0 aliphatic carbocycles. The molecule has 0 bridgehead atoms. The van der Waals surface area contributed by atoms with Gasteiger partial charge in [0.2, 0.25) is 0 Å². The maximum atomic E-state index is 3.97. The average molecular weight is 112 g/mol. The van der Waals surface area contributed by atoms with Crippen LogP contribution in [0.15, 0.2) is 0 Å². The van der Waals surface area contributed by atoms with Crippen molar-refractivity contribution < 1.29 is 0 Å². The van der Waals surface area contributed by atoms with Gasteiger partial charge < -0.3 is 0 Å². The molecule has 0 spiro atoms. The van der Waals surface area contributed by atoms with Gasteiger partial charge >= 0.3 is 0 Å². The lowest BCUT2D eigenvalue weighted by Gasteiger charge is -2.06. The zero-order valence-corrected chi connectivity index (χ0v) is 6.15. The van der Waals surface area contributed by atoms with Crippen LogP contribution in [0.3, 0.4) is 0 Å². The molecule has 0 aromatic rings. The van der Waals surface area contributed by atoms with Gasteiger partial charge in [0.15, 0.2) is 0 Å². The Morgan fingerprint density at radius 2 is 1.38 bits per heavy atom. The third kappa shape index (κ3) is 2.15. The van der Waals surface area contributed by atoms with Gasteiger partial charge in [0.1, 0.15) is 11.8 Å². The monoisotopic (exact) mass is 112 g/mol. The van der Waals surface area contributed by atoms with E-state index in [1.807, 2.05) is 0 Å². The Bertz CT molecular complexity index is 45.1. The van der Waals surface area contributed by atoms with Crippen molar-refractivity contribution in [3.05, 3.63) is 13.8 Å². The first-order chi connectivity index (χ1) is 3.55. The van der Waals surface area contributed by atoms with Gasteiger partial charge in [0.25, 0.3) is 0 Å². The fourth-order valence-electron chi connectivity index (χ4n) is 0.657. The molecule has 0 aliphatic rings. The number of hydrogen-bond donors (Lipinski definition) is 0. The molecule has 0 aromatic carbocycles. The summed E-state index contributed by atoms with van der Waals surface area (Å²) in [6, 6.07) is 0. The van der Waals surface area contributed by atoms with Crippen molar-refractivity contribution >= 4 is 0 Å². The summed E-state index contributed by atoms with van der Waals surface area (Å²) in [5, 5.41) is 0. The van der Waals surface area contributed by atoms with Crippen LogP contribution in [0.4, 0.5) is 0 Å². The molecule has 0 saturated carbocycles. The maximum absolute atomic E-state index is 3.97. The van der Waals surface area contributed by atoms with Crippen LogP contribution in [-0.2, 0) is 0 Å². The standard InChI is InChI=1S/C8H16/c1-6(2)8(5)7(3)4/h6-8H,1,5H2,2-4H3/q+2. The summed E-state index contributed by atoms with van der Waals surface area (Å²) in [4.78, 5) is 0. The molecule has 0 heterocycles. The van der Waals surface area contributed by atoms with E-state index in [4.69, 9.17) is 0 Å². The van der Waals surface area contributed by atoms with E-state index in [0.717, 1.165) is 0 Å². The molecule has 0 radical (unpaired) electrons. The Kier molecular flexibility index (Phi) is 2.81. The van der Waals surface area contributed by atoms with Gasteiger partial charge in [-0.25, -0.2) is 0 Å². The minimum atomic E-state index is 0.481. The van der Waals surface area contributed by atoms with Gasteiger partial charge in [-0.1, -0.05) is 13.8 Å². The summed E-state index contributed by atoms with van der Waals surface area (Å²) in [5.41, 5.74) is 0. The van der Waals surface area contributed by atoms with Crippen LogP contribution in [-0.4, -0.2) is 0 Å². The summed E-state index contributed by atoms with van der Waals surface area (Å²) in [6.45, 7) is 14.3. The Morgan fingerprint density at radius 3 is 1.38 bits per heavy atom. The lowest BCUT2D eigenvalue weighted by Crippen LogP contribution is -2.11. The van der Waals surface area contributed by atoms with E-state index < -0.39 is 0 Å². The van der Waals surface area contributed by atoms with E-state index in [2.05, 4.69) is 34.6 Å². The molecule has 46 valence electrons. The maximum Gasteiger partial charge on any atom is 0.140 e. The van der Waals surface area contributed by atoms with Gasteiger partial charge in [0.05, 0.1) is 13.8 Å². The van der Waals surface area contributed by atoms with Crippen molar-refractivity contribution in [1.82, 2.24) is 0 Å². The molecule has 0 amide bonds. The smallest absolute Gasteiger partial charge is 0.0582 e. The highest BCUT2D eigenvalue weighted by Gasteiger charge is 2.22. The van der Waals surface area contributed by atoms with Gasteiger partial charge in [-0.15, -0.1) is 0 Å². The predicted molar refractivity (Wildman–Crippen MR) is 38.2 cm³/mol. The number of rotatable bonds is 2. The highest BCUT2D eigenvalue weighted by atomic mass is 14.2. The normalized spacial score (nSPS) is 18.5. The van der Waals surface area contributed by atoms with Crippen molar-refractivity contribution in [2.75, 3.05) is 0 Å².